The largest absolute Gasteiger partial charge is 0.481 e. The summed E-state index contributed by atoms with van der Waals surface area (Å²) in [7, 11) is 0. The number of amides is 1. The average molecular weight is 272 g/mol. The van der Waals surface area contributed by atoms with E-state index in [-0.39, 0.29) is 24.0 Å². The van der Waals surface area contributed by atoms with Gasteiger partial charge < -0.3 is 10.4 Å². The van der Waals surface area contributed by atoms with Crippen molar-refractivity contribution in [2.45, 2.75) is 26.7 Å². The van der Waals surface area contributed by atoms with Gasteiger partial charge in [0.1, 0.15) is 5.82 Å². The summed E-state index contributed by atoms with van der Waals surface area (Å²) in [5.74, 6) is -0.944. The molecule has 0 aliphatic rings. The predicted octanol–water partition coefficient (Wildman–Crippen LogP) is 1.96. The number of anilines is 1. The van der Waals surface area contributed by atoms with Crippen LogP contribution in [0.2, 0.25) is 5.28 Å². The molecule has 1 rings (SSSR count). The molecule has 0 fully saturated rings. The maximum atomic E-state index is 11.7. The lowest BCUT2D eigenvalue weighted by atomic mass is 9.85. The third kappa shape index (κ3) is 5.09. The van der Waals surface area contributed by atoms with Gasteiger partial charge in [0.25, 0.3) is 0 Å². The van der Waals surface area contributed by atoms with E-state index in [9.17, 15) is 9.59 Å². The zero-order chi connectivity index (χ0) is 13.8. The molecule has 18 heavy (non-hydrogen) atoms. The van der Waals surface area contributed by atoms with E-state index < -0.39 is 11.4 Å². The average Bonchev–Trinajstić information content (AvgIpc) is 2.13. The van der Waals surface area contributed by atoms with E-state index in [4.69, 9.17) is 16.7 Å². The molecule has 0 bridgehead atoms. The normalized spacial score (nSPS) is 11.1. The molecule has 2 N–H and O–H groups in total. The van der Waals surface area contributed by atoms with Gasteiger partial charge in [0.15, 0.2) is 0 Å². The second-order valence-corrected chi connectivity index (χ2v) is 5.01. The molecule has 0 saturated heterocycles. The van der Waals surface area contributed by atoms with Crippen molar-refractivity contribution in [2.75, 3.05) is 5.32 Å². The fourth-order valence-corrected chi connectivity index (χ4v) is 1.65. The Balaban J connectivity index is 2.59. The third-order valence-electron chi connectivity index (χ3n) is 2.16. The number of rotatable bonds is 5. The Labute approximate surface area is 109 Å². The molecule has 0 aromatic carbocycles. The fraction of sp³-hybridized carbons (Fsp3) is 0.455. The smallest absolute Gasteiger partial charge is 0.303 e. The molecule has 1 aromatic heterocycles. The second kappa shape index (κ2) is 5.77. The van der Waals surface area contributed by atoms with Gasteiger partial charge >= 0.3 is 5.97 Å². The number of carbonyl (C=O) groups is 2. The van der Waals surface area contributed by atoms with Crippen LogP contribution in [0.3, 0.4) is 0 Å². The van der Waals surface area contributed by atoms with Crippen molar-refractivity contribution >= 4 is 29.3 Å². The van der Waals surface area contributed by atoms with E-state index in [2.05, 4.69) is 15.3 Å². The van der Waals surface area contributed by atoms with Gasteiger partial charge in [-0.15, -0.1) is 0 Å². The molecule has 0 spiro atoms. The van der Waals surface area contributed by atoms with E-state index in [1.165, 1.54) is 12.3 Å². The maximum absolute atomic E-state index is 11.7. The highest BCUT2D eigenvalue weighted by Gasteiger charge is 2.25. The van der Waals surface area contributed by atoms with Gasteiger partial charge in [0.2, 0.25) is 11.2 Å². The minimum absolute atomic E-state index is 0.0394. The van der Waals surface area contributed by atoms with Gasteiger partial charge in [0, 0.05) is 12.6 Å². The van der Waals surface area contributed by atoms with Gasteiger partial charge in [-0.3, -0.25) is 9.59 Å². The van der Waals surface area contributed by atoms with Crippen molar-refractivity contribution in [1.29, 1.82) is 0 Å². The van der Waals surface area contributed by atoms with Gasteiger partial charge in [0.05, 0.1) is 6.42 Å². The highest BCUT2D eigenvalue weighted by atomic mass is 35.5. The van der Waals surface area contributed by atoms with Crippen LogP contribution in [0.5, 0.6) is 0 Å². The molecule has 7 heteroatoms. The van der Waals surface area contributed by atoms with Gasteiger partial charge in [-0.25, -0.2) is 9.97 Å². The van der Waals surface area contributed by atoms with E-state index >= 15 is 0 Å². The van der Waals surface area contributed by atoms with E-state index in [0.29, 0.717) is 5.82 Å². The number of halogens is 1. The van der Waals surface area contributed by atoms with Gasteiger partial charge in [-0.2, -0.15) is 0 Å². The lowest BCUT2D eigenvalue weighted by molar-refractivity contribution is -0.139. The molecular weight excluding hydrogens is 258 g/mol. The molecule has 98 valence electrons. The number of nitrogens with one attached hydrogen (secondary N) is 1. The van der Waals surface area contributed by atoms with Crippen LogP contribution >= 0.6 is 11.6 Å². The first kappa shape index (κ1) is 14.4. The molecule has 0 radical (unpaired) electrons. The van der Waals surface area contributed by atoms with Crippen molar-refractivity contribution in [3.63, 3.8) is 0 Å². The first-order valence-electron chi connectivity index (χ1n) is 5.29. The maximum Gasteiger partial charge on any atom is 0.303 e. The van der Waals surface area contributed by atoms with Crippen LogP contribution in [0.25, 0.3) is 0 Å². The molecule has 1 amide bonds. The zero-order valence-electron chi connectivity index (χ0n) is 10.1. The molecule has 0 saturated carbocycles. The number of nitrogens with zero attached hydrogens (tertiary/aromatic N) is 2. The Morgan fingerprint density at radius 3 is 2.67 bits per heavy atom. The minimum atomic E-state index is -0.933. The van der Waals surface area contributed by atoms with E-state index in [1.54, 1.807) is 13.8 Å². The van der Waals surface area contributed by atoms with Crippen molar-refractivity contribution < 1.29 is 14.7 Å². The standard InChI is InChI=1S/C11H14ClN3O3/c1-11(2,6-9(17)18)5-8(16)14-7-3-4-13-10(12)15-7/h3-4H,5-6H2,1-2H3,(H,17,18)(H,13,14,15,16). The third-order valence-corrected chi connectivity index (χ3v) is 2.34. The Morgan fingerprint density at radius 2 is 2.11 bits per heavy atom. The number of hydrogen-bond acceptors (Lipinski definition) is 4. The van der Waals surface area contributed by atoms with Crippen LogP contribution in [0.1, 0.15) is 26.7 Å². The lowest BCUT2D eigenvalue weighted by Gasteiger charge is -2.21. The summed E-state index contributed by atoms with van der Waals surface area (Å²) in [6.07, 6.45) is 1.43. The fourth-order valence-electron chi connectivity index (χ4n) is 1.50. The number of hydrogen-bond donors (Lipinski definition) is 2. The highest BCUT2D eigenvalue weighted by molar-refractivity contribution is 6.28. The Morgan fingerprint density at radius 1 is 1.44 bits per heavy atom. The zero-order valence-corrected chi connectivity index (χ0v) is 10.9. The molecular formula is C11H14ClN3O3. The number of aliphatic carboxylic acids is 1. The summed E-state index contributed by atoms with van der Waals surface area (Å²) in [5, 5.41) is 11.3. The topological polar surface area (TPSA) is 92.2 Å². The lowest BCUT2D eigenvalue weighted by Crippen LogP contribution is -2.25. The number of carbonyl (C=O) groups excluding carboxylic acids is 1. The van der Waals surface area contributed by atoms with E-state index in [0.717, 1.165) is 0 Å². The summed E-state index contributed by atoms with van der Waals surface area (Å²) < 4.78 is 0. The predicted molar refractivity (Wildman–Crippen MR) is 66.3 cm³/mol. The number of carboxylic acids is 1. The van der Waals surface area contributed by atoms with Crippen molar-refractivity contribution in [2.24, 2.45) is 5.41 Å². The SMILES string of the molecule is CC(C)(CC(=O)O)CC(=O)Nc1ccnc(Cl)n1. The van der Waals surface area contributed by atoms with Crippen molar-refractivity contribution in [3.8, 4) is 0 Å². The van der Waals surface area contributed by atoms with Crippen LogP contribution < -0.4 is 5.32 Å². The van der Waals surface area contributed by atoms with Crippen LogP contribution in [0.4, 0.5) is 5.82 Å². The van der Waals surface area contributed by atoms with Crippen molar-refractivity contribution in [1.82, 2.24) is 9.97 Å². The quantitative estimate of drug-likeness (QED) is 0.799. The summed E-state index contributed by atoms with van der Waals surface area (Å²) >= 11 is 5.58. The summed E-state index contributed by atoms with van der Waals surface area (Å²) in [4.78, 5) is 29.8. The molecule has 1 aromatic rings. The Hall–Kier alpha value is -1.69. The first-order chi connectivity index (χ1) is 8.28. The Kier molecular flexibility index (Phi) is 4.61. The monoisotopic (exact) mass is 271 g/mol. The molecule has 6 nitrogen and oxygen atoms in total. The highest BCUT2D eigenvalue weighted by Crippen LogP contribution is 2.25. The van der Waals surface area contributed by atoms with Crippen LogP contribution in [-0.4, -0.2) is 27.0 Å². The molecule has 0 aliphatic heterocycles. The number of aromatic nitrogens is 2. The molecule has 0 atom stereocenters. The van der Waals surface area contributed by atoms with E-state index in [1.807, 2.05) is 0 Å². The van der Waals surface area contributed by atoms with Crippen LogP contribution in [0, 0.1) is 5.41 Å². The summed E-state index contributed by atoms with van der Waals surface area (Å²) in [5.41, 5.74) is -0.618. The van der Waals surface area contributed by atoms with Crippen LogP contribution in [0.15, 0.2) is 12.3 Å². The number of carboxylic acid groups (broad SMARTS) is 1. The molecule has 0 unspecified atom stereocenters. The van der Waals surface area contributed by atoms with Gasteiger partial charge in [-0.1, -0.05) is 13.8 Å². The molecule has 1 heterocycles. The molecule has 0 aliphatic carbocycles. The van der Waals surface area contributed by atoms with Crippen molar-refractivity contribution in [3.05, 3.63) is 17.5 Å². The second-order valence-electron chi connectivity index (χ2n) is 4.67. The first-order valence-corrected chi connectivity index (χ1v) is 5.66. The Bertz CT molecular complexity index is 463. The van der Waals surface area contributed by atoms with Crippen LogP contribution in [-0.2, 0) is 9.59 Å². The summed E-state index contributed by atoms with van der Waals surface area (Å²) in [6, 6.07) is 1.51. The minimum Gasteiger partial charge on any atom is -0.481 e. The summed E-state index contributed by atoms with van der Waals surface area (Å²) in [6.45, 7) is 3.43. The van der Waals surface area contributed by atoms with Gasteiger partial charge in [-0.05, 0) is 23.1 Å².